The van der Waals surface area contributed by atoms with Crippen molar-refractivity contribution in [3.8, 4) is 0 Å². The molecule has 1 aliphatic heterocycles. The van der Waals surface area contributed by atoms with Gasteiger partial charge in [-0.3, -0.25) is 4.21 Å². The largest absolute Gasteiger partial charge is 0.353 e. The predicted octanol–water partition coefficient (Wildman–Crippen LogP) is 1.30. The molecule has 1 rings (SSSR count). The Hall–Kier alpha value is 0.0700. The molecule has 1 heterocycles. The molecule has 0 aromatic carbocycles. The van der Waals surface area contributed by atoms with Gasteiger partial charge >= 0.3 is 0 Å². The van der Waals surface area contributed by atoms with Crippen LogP contribution in [-0.4, -0.2) is 35.2 Å². The molecule has 1 saturated heterocycles. The van der Waals surface area contributed by atoms with Crippen molar-refractivity contribution in [2.24, 2.45) is 0 Å². The quantitative estimate of drug-likeness (QED) is 0.680. The molecule has 0 N–H and O–H groups in total. The van der Waals surface area contributed by atoms with Crippen molar-refractivity contribution in [2.75, 3.05) is 24.7 Å². The second kappa shape index (κ2) is 6.51. The molecule has 1 atom stereocenters. The molecule has 0 aliphatic carbocycles. The SMILES string of the molecule is CCCS(=O)CCC1OCCCO1. The summed E-state index contributed by atoms with van der Waals surface area (Å²) in [5.74, 6) is 1.51. The fourth-order valence-electron chi connectivity index (χ4n) is 1.26. The van der Waals surface area contributed by atoms with Gasteiger partial charge in [0.1, 0.15) is 0 Å². The summed E-state index contributed by atoms with van der Waals surface area (Å²) in [5, 5.41) is 0. The van der Waals surface area contributed by atoms with Gasteiger partial charge in [0.2, 0.25) is 0 Å². The van der Waals surface area contributed by atoms with Gasteiger partial charge in [-0.2, -0.15) is 0 Å². The molecule has 13 heavy (non-hydrogen) atoms. The zero-order valence-electron chi connectivity index (χ0n) is 8.16. The standard InChI is InChI=1S/C9H18O3S/c1-2-7-13(10)8-4-9-11-5-3-6-12-9/h9H,2-8H2,1H3. The van der Waals surface area contributed by atoms with E-state index in [0.29, 0.717) is 5.75 Å². The number of hydrogen-bond acceptors (Lipinski definition) is 3. The van der Waals surface area contributed by atoms with E-state index in [9.17, 15) is 4.21 Å². The Kier molecular flexibility index (Phi) is 5.58. The van der Waals surface area contributed by atoms with E-state index in [1.807, 2.05) is 6.92 Å². The molecular weight excluding hydrogens is 188 g/mol. The van der Waals surface area contributed by atoms with Crippen molar-refractivity contribution in [3.05, 3.63) is 0 Å². The maximum absolute atomic E-state index is 11.3. The lowest BCUT2D eigenvalue weighted by Crippen LogP contribution is -2.26. The minimum atomic E-state index is -0.682. The Morgan fingerprint density at radius 3 is 2.62 bits per heavy atom. The summed E-state index contributed by atoms with van der Waals surface area (Å²) in [4.78, 5) is 0. The highest BCUT2D eigenvalue weighted by Crippen LogP contribution is 2.09. The van der Waals surface area contributed by atoms with Gasteiger partial charge in [0.15, 0.2) is 6.29 Å². The first-order valence-electron chi connectivity index (χ1n) is 4.91. The van der Waals surface area contributed by atoms with Crippen molar-refractivity contribution in [1.82, 2.24) is 0 Å². The molecule has 78 valence electrons. The van der Waals surface area contributed by atoms with Crippen LogP contribution in [0.25, 0.3) is 0 Å². The highest BCUT2D eigenvalue weighted by Gasteiger charge is 2.14. The fourth-order valence-corrected chi connectivity index (χ4v) is 2.38. The Bertz CT molecular complexity index is 155. The molecular formula is C9H18O3S. The molecule has 3 nitrogen and oxygen atoms in total. The lowest BCUT2D eigenvalue weighted by molar-refractivity contribution is -0.178. The average molecular weight is 206 g/mol. The van der Waals surface area contributed by atoms with E-state index in [4.69, 9.17) is 9.47 Å². The third kappa shape index (κ3) is 4.74. The van der Waals surface area contributed by atoms with Crippen molar-refractivity contribution < 1.29 is 13.7 Å². The molecule has 0 bridgehead atoms. The van der Waals surface area contributed by atoms with Crippen LogP contribution in [0.4, 0.5) is 0 Å². The van der Waals surface area contributed by atoms with E-state index in [1.165, 1.54) is 0 Å². The number of rotatable bonds is 5. The topological polar surface area (TPSA) is 35.5 Å². The predicted molar refractivity (Wildman–Crippen MR) is 53.1 cm³/mol. The Labute approximate surface area is 82.3 Å². The molecule has 0 aromatic heterocycles. The first kappa shape index (κ1) is 11.1. The van der Waals surface area contributed by atoms with Crippen LogP contribution in [0.1, 0.15) is 26.2 Å². The van der Waals surface area contributed by atoms with Gasteiger partial charge in [-0.15, -0.1) is 0 Å². The average Bonchev–Trinajstić information content (AvgIpc) is 2.17. The van der Waals surface area contributed by atoms with E-state index in [-0.39, 0.29) is 6.29 Å². The normalized spacial score (nSPS) is 21.6. The zero-order valence-corrected chi connectivity index (χ0v) is 8.98. The van der Waals surface area contributed by atoms with Crippen molar-refractivity contribution in [1.29, 1.82) is 0 Å². The maximum Gasteiger partial charge on any atom is 0.158 e. The van der Waals surface area contributed by atoms with E-state index in [2.05, 4.69) is 0 Å². The Balaban J connectivity index is 2.06. The highest BCUT2D eigenvalue weighted by atomic mass is 32.2. The highest BCUT2D eigenvalue weighted by molar-refractivity contribution is 7.84. The second-order valence-electron chi connectivity index (χ2n) is 3.16. The van der Waals surface area contributed by atoms with Crippen LogP contribution in [0.2, 0.25) is 0 Å². The fraction of sp³-hybridized carbons (Fsp3) is 1.00. The van der Waals surface area contributed by atoms with Crippen molar-refractivity contribution >= 4 is 10.8 Å². The summed E-state index contributed by atoms with van der Waals surface area (Å²) in [6.45, 7) is 3.61. The minimum Gasteiger partial charge on any atom is -0.353 e. The molecule has 1 aliphatic rings. The van der Waals surface area contributed by atoms with E-state index in [1.54, 1.807) is 0 Å². The summed E-state index contributed by atoms with van der Waals surface area (Å²) in [6.07, 6.45) is 2.63. The van der Waals surface area contributed by atoms with Gasteiger partial charge in [0.05, 0.1) is 13.2 Å². The van der Waals surface area contributed by atoms with Gasteiger partial charge < -0.3 is 9.47 Å². The van der Waals surface area contributed by atoms with E-state index >= 15 is 0 Å². The van der Waals surface area contributed by atoms with Crippen LogP contribution in [0, 0.1) is 0 Å². The first-order chi connectivity index (χ1) is 6.33. The molecule has 0 radical (unpaired) electrons. The van der Waals surface area contributed by atoms with Crippen LogP contribution in [0.3, 0.4) is 0 Å². The first-order valence-corrected chi connectivity index (χ1v) is 6.40. The molecule has 1 fully saturated rings. The summed E-state index contributed by atoms with van der Waals surface area (Å²) < 4.78 is 22.0. The number of hydrogen-bond donors (Lipinski definition) is 0. The molecule has 0 aromatic rings. The third-order valence-corrected chi connectivity index (χ3v) is 3.46. The Morgan fingerprint density at radius 1 is 1.31 bits per heavy atom. The lowest BCUT2D eigenvalue weighted by atomic mass is 10.4. The molecule has 4 heteroatoms. The van der Waals surface area contributed by atoms with Gasteiger partial charge in [0, 0.05) is 28.7 Å². The third-order valence-electron chi connectivity index (χ3n) is 1.91. The van der Waals surface area contributed by atoms with Gasteiger partial charge in [-0.1, -0.05) is 6.92 Å². The summed E-state index contributed by atoms with van der Waals surface area (Å²) in [7, 11) is -0.682. The van der Waals surface area contributed by atoms with Crippen molar-refractivity contribution in [3.63, 3.8) is 0 Å². The summed E-state index contributed by atoms with van der Waals surface area (Å²) in [6, 6.07) is 0. The van der Waals surface area contributed by atoms with Crippen LogP contribution in [-0.2, 0) is 20.3 Å². The van der Waals surface area contributed by atoms with Crippen LogP contribution >= 0.6 is 0 Å². The maximum atomic E-state index is 11.3. The Morgan fingerprint density at radius 2 is 2.00 bits per heavy atom. The van der Waals surface area contributed by atoms with Crippen molar-refractivity contribution in [2.45, 2.75) is 32.5 Å². The van der Waals surface area contributed by atoms with Gasteiger partial charge in [-0.05, 0) is 12.8 Å². The second-order valence-corrected chi connectivity index (χ2v) is 4.86. The molecule has 0 amide bonds. The van der Waals surface area contributed by atoms with Gasteiger partial charge in [-0.25, -0.2) is 0 Å². The minimum absolute atomic E-state index is 0.102. The van der Waals surface area contributed by atoms with Crippen LogP contribution in [0.15, 0.2) is 0 Å². The molecule has 0 saturated carbocycles. The molecule has 1 unspecified atom stereocenters. The zero-order chi connectivity index (χ0) is 9.52. The monoisotopic (exact) mass is 206 g/mol. The van der Waals surface area contributed by atoms with E-state index in [0.717, 1.165) is 38.2 Å². The molecule has 0 spiro atoms. The smallest absolute Gasteiger partial charge is 0.158 e. The van der Waals surface area contributed by atoms with Crippen LogP contribution in [0.5, 0.6) is 0 Å². The number of ether oxygens (including phenoxy) is 2. The van der Waals surface area contributed by atoms with Gasteiger partial charge in [0.25, 0.3) is 0 Å². The summed E-state index contributed by atoms with van der Waals surface area (Å²) in [5.41, 5.74) is 0. The lowest BCUT2D eigenvalue weighted by Gasteiger charge is -2.22. The van der Waals surface area contributed by atoms with E-state index < -0.39 is 10.8 Å². The van der Waals surface area contributed by atoms with Crippen LogP contribution < -0.4 is 0 Å². The summed E-state index contributed by atoms with van der Waals surface area (Å²) >= 11 is 0.